The summed E-state index contributed by atoms with van der Waals surface area (Å²) < 4.78 is 18.0. The van der Waals surface area contributed by atoms with E-state index in [2.05, 4.69) is 13.8 Å². The van der Waals surface area contributed by atoms with E-state index < -0.39 is 0 Å². The van der Waals surface area contributed by atoms with Gasteiger partial charge < -0.3 is 18.6 Å². The van der Waals surface area contributed by atoms with Crippen molar-refractivity contribution in [3.05, 3.63) is 43.4 Å². The van der Waals surface area contributed by atoms with E-state index >= 15 is 0 Å². The summed E-state index contributed by atoms with van der Waals surface area (Å²) in [6, 6.07) is 4.54. The third-order valence-corrected chi connectivity index (χ3v) is 1.73. The van der Waals surface area contributed by atoms with Gasteiger partial charge in [0, 0.05) is 59.8 Å². The van der Waals surface area contributed by atoms with Gasteiger partial charge in [-0.15, -0.1) is 0 Å². The van der Waals surface area contributed by atoms with Gasteiger partial charge in [-0.1, -0.05) is 12.5 Å². The predicted molar refractivity (Wildman–Crippen MR) is 50.9 cm³/mol. The molecule has 1 rings (SSSR count). The Morgan fingerprint density at radius 3 is 2.47 bits per heavy atom. The molecule has 1 radical (unpaired) electrons. The van der Waals surface area contributed by atoms with Crippen LogP contribution in [0.1, 0.15) is 12.0 Å². The summed E-state index contributed by atoms with van der Waals surface area (Å²) in [6.07, 6.45) is 1.58. The molecule has 0 aromatic heterocycles. The summed E-state index contributed by atoms with van der Waals surface area (Å²) in [7, 11) is 0. The predicted octanol–water partition coefficient (Wildman–Crippen LogP) is 2.80. The fourth-order valence-electron chi connectivity index (χ4n) is 1.17. The zero-order chi connectivity index (χ0) is 9.68. The first kappa shape index (κ1) is 18.1. The van der Waals surface area contributed by atoms with Crippen LogP contribution in [0.5, 0.6) is 5.75 Å². The quantitative estimate of drug-likeness (QED) is 0.638. The van der Waals surface area contributed by atoms with E-state index in [4.69, 9.17) is 4.74 Å². The van der Waals surface area contributed by atoms with Crippen LogP contribution in [0.4, 0.5) is 4.39 Å². The zero-order valence-electron chi connectivity index (χ0n) is 8.54. The molecular formula is C11H13FOWY-2. The van der Waals surface area contributed by atoms with E-state index in [1.54, 1.807) is 6.07 Å². The summed E-state index contributed by atoms with van der Waals surface area (Å²) in [6.45, 7) is 7.60. The van der Waals surface area contributed by atoms with E-state index in [1.807, 2.05) is 0 Å². The molecule has 0 aliphatic carbocycles. The Balaban J connectivity index is 0. The fourth-order valence-corrected chi connectivity index (χ4v) is 1.17. The molecule has 0 atom stereocenters. The van der Waals surface area contributed by atoms with Crippen LogP contribution in [0.15, 0.2) is 18.2 Å². The van der Waals surface area contributed by atoms with Crippen molar-refractivity contribution in [2.75, 3.05) is 6.61 Å². The van der Waals surface area contributed by atoms with Crippen molar-refractivity contribution in [3.8, 4) is 5.75 Å². The van der Waals surface area contributed by atoms with Gasteiger partial charge in [-0.2, -0.15) is 6.42 Å². The van der Waals surface area contributed by atoms with Gasteiger partial charge in [0.15, 0.2) is 0 Å². The molecule has 1 aromatic rings. The van der Waals surface area contributed by atoms with Gasteiger partial charge in [0.25, 0.3) is 0 Å². The minimum Gasteiger partial charge on any atom is -0.525 e. The molecule has 0 aliphatic heterocycles. The Bertz CT molecular complexity index is 281. The topological polar surface area (TPSA) is 9.23 Å². The molecule has 0 aliphatic rings. The Morgan fingerprint density at radius 2 is 1.93 bits per heavy atom. The smallest absolute Gasteiger partial charge is 0.126 e. The first-order chi connectivity index (χ1) is 6.27. The number of hydrogen-bond donors (Lipinski definition) is 0. The number of ether oxygens (including phenoxy) is 1. The van der Waals surface area contributed by atoms with Crippen LogP contribution in [-0.2, 0) is 60.2 Å². The van der Waals surface area contributed by atoms with E-state index in [9.17, 15) is 4.39 Å². The molecule has 1 aromatic carbocycles. The SMILES string of the molecule is [CH2-]CCc1ccc(F)cc1OC[CH2-].[W].[Y]. The van der Waals surface area contributed by atoms with Gasteiger partial charge >= 0.3 is 0 Å². The molecule has 1 nitrogen and oxygen atoms in total. The Morgan fingerprint density at radius 1 is 1.27 bits per heavy atom. The van der Waals surface area contributed by atoms with Gasteiger partial charge in [-0.3, -0.25) is 0 Å². The largest absolute Gasteiger partial charge is 0.525 e. The van der Waals surface area contributed by atoms with Crippen LogP contribution in [0.3, 0.4) is 0 Å². The second-order valence-electron chi connectivity index (χ2n) is 2.70. The van der Waals surface area contributed by atoms with E-state index in [0.717, 1.165) is 18.4 Å². The first-order valence-corrected chi connectivity index (χ1v) is 4.27. The van der Waals surface area contributed by atoms with Crippen LogP contribution >= 0.6 is 0 Å². The molecule has 4 heteroatoms. The number of aryl methyl sites for hydroxylation is 1. The summed E-state index contributed by atoms with van der Waals surface area (Å²) >= 11 is 0. The van der Waals surface area contributed by atoms with Crippen molar-refractivity contribution in [2.24, 2.45) is 0 Å². The van der Waals surface area contributed by atoms with Crippen LogP contribution in [0, 0.1) is 19.7 Å². The summed E-state index contributed by atoms with van der Waals surface area (Å²) in [4.78, 5) is 0. The number of halogens is 1. The second-order valence-corrected chi connectivity index (χ2v) is 2.70. The fraction of sp³-hybridized carbons (Fsp3) is 0.273. The van der Waals surface area contributed by atoms with Crippen molar-refractivity contribution in [1.82, 2.24) is 0 Å². The Labute approximate surface area is 130 Å². The van der Waals surface area contributed by atoms with E-state index in [-0.39, 0.29) is 59.6 Å². The van der Waals surface area contributed by atoms with Crippen molar-refractivity contribution >= 4 is 0 Å². The van der Waals surface area contributed by atoms with Crippen LogP contribution < -0.4 is 4.74 Å². The summed E-state index contributed by atoms with van der Waals surface area (Å²) in [5.41, 5.74) is 0.986. The first-order valence-electron chi connectivity index (χ1n) is 4.27. The minimum atomic E-state index is -0.281. The third kappa shape index (κ3) is 6.14. The van der Waals surface area contributed by atoms with Gasteiger partial charge in [0.2, 0.25) is 0 Å². The van der Waals surface area contributed by atoms with Crippen LogP contribution in [0.25, 0.3) is 0 Å². The maximum Gasteiger partial charge on any atom is 0.126 e. The minimum absolute atomic E-state index is 0. The van der Waals surface area contributed by atoms with Crippen molar-refractivity contribution in [3.63, 3.8) is 0 Å². The number of benzene rings is 1. The Kier molecular flexibility index (Phi) is 12.0. The molecule has 0 N–H and O–H groups in total. The molecule has 0 spiro atoms. The van der Waals surface area contributed by atoms with Gasteiger partial charge in [-0.25, -0.2) is 4.39 Å². The van der Waals surface area contributed by atoms with Gasteiger partial charge in [0.05, 0.1) is 0 Å². The molecule has 15 heavy (non-hydrogen) atoms. The van der Waals surface area contributed by atoms with Gasteiger partial charge in [-0.05, 0) is 18.2 Å². The van der Waals surface area contributed by atoms with Crippen molar-refractivity contribution in [2.45, 2.75) is 12.8 Å². The number of hydrogen-bond acceptors (Lipinski definition) is 1. The molecule has 0 unspecified atom stereocenters. The number of rotatable bonds is 4. The zero-order valence-corrected chi connectivity index (χ0v) is 14.3. The second kappa shape index (κ2) is 9.93. The molecule has 0 saturated heterocycles. The molecular weight excluding hydrogens is 440 g/mol. The maximum atomic E-state index is 12.8. The van der Waals surface area contributed by atoms with Crippen molar-refractivity contribution < 1.29 is 62.9 Å². The molecule has 0 heterocycles. The van der Waals surface area contributed by atoms with Crippen LogP contribution in [-0.4, -0.2) is 6.61 Å². The molecule has 0 amide bonds. The van der Waals surface area contributed by atoms with Crippen LogP contribution in [0.2, 0.25) is 0 Å². The molecule has 0 saturated carbocycles. The molecule has 0 bridgehead atoms. The average Bonchev–Trinajstić information content (AvgIpc) is 2.10. The molecule has 81 valence electrons. The summed E-state index contributed by atoms with van der Waals surface area (Å²) in [5.74, 6) is 0.301. The normalized spacial score (nSPS) is 8.73. The standard InChI is InChI=1S/C11H13FO.W.Y/c1-3-5-9-6-7-10(12)8-11(9)13-4-2;;/h6-8H,1-5H2;;/q-2;;. The van der Waals surface area contributed by atoms with E-state index in [0.29, 0.717) is 12.4 Å². The monoisotopic (exact) mass is 453 g/mol. The maximum absolute atomic E-state index is 12.8. The third-order valence-electron chi connectivity index (χ3n) is 1.73. The van der Waals surface area contributed by atoms with E-state index in [1.165, 1.54) is 12.1 Å². The average molecular weight is 453 g/mol. The summed E-state index contributed by atoms with van der Waals surface area (Å²) in [5, 5.41) is 0. The Hall–Kier alpha value is 0.742. The molecule has 0 fully saturated rings. The van der Waals surface area contributed by atoms with Crippen molar-refractivity contribution in [1.29, 1.82) is 0 Å². The van der Waals surface area contributed by atoms with Gasteiger partial charge in [0.1, 0.15) is 11.6 Å².